The summed E-state index contributed by atoms with van der Waals surface area (Å²) in [6, 6.07) is 16.1. The topological polar surface area (TPSA) is 63.5 Å². The van der Waals surface area contributed by atoms with Crippen molar-refractivity contribution in [2.45, 2.75) is 63.8 Å². The monoisotopic (exact) mass is 487 g/mol. The van der Waals surface area contributed by atoms with Crippen molar-refractivity contribution in [3.63, 3.8) is 0 Å². The van der Waals surface area contributed by atoms with E-state index in [0.717, 1.165) is 31.0 Å². The summed E-state index contributed by atoms with van der Waals surface area (Å²) in [6.07, 6.45) is 12.5. The quantitative estimate of drug-likeness (QED) is 0.474. The average molecular weight is 488 g/mol. The van der Waals surface area contributed by atoms with Gasteiger partial charge in [-0.2, -0.15) is 0 Å². The van der Waals surface area contributed by atoms with Crippen LogP contribution in [-0.4, -0.2) is 58.2 Å². The van der Waals surface area contributed by atoms with Crippen LogP contribution < -0.4 is 9.74 Å². The van der Waals surface area contributed by atoms with Gasteiger partial charge in [-0.05, 0) is 105 Å². The van der Waals surface area contributed by atoms with E-state index in [1.165, 1.54) is 81.4 Å². The van der Waals surface area contributed by atoms with Gasteiger partial charge in [-0.25, -0.2) is 4.79 Å². The Balaban J connectivity index is 0.992. The first kappa shape index (κ1) is 23.5. The molecule has 6 rings (SSSR count). The highest BCUT2D eigenvalue weighted by Crippen LogP contribution is 2.35. The molecule has 0 unspecified atom stereocenters. The van der Waals surface area contributed by atoms with Crippen molar-refractivity contribution < 1.29 is 9.63 Å². The molecular weight excluding hydrogens is 450 g/mol. The molecule has 0 N–H and O–H groups in total. The number of aromatic nitrogens is 3. The maximum absolute atomic E-state index is 12.7. The summed E-state index contributed by atoms with van der Waals surface area (Å²) in [4.78, 5) is 24.6. The number of anilines is 1. The van der Waals surface area contributed by atoms with Crippen molar-refractivity contribution in [2.75, 3.05) is 31.1 Å². The first-order valence-corrected chi connectivity index (χ1v) is 13.9. The fourth-order valence-electron chi connectivity index (χ4n) is 6.69. The van der Waals surface area contributed by atoms with Crippen molar-refractivity contribution >= 4 is 22.7 Å². The highest BCUT2D eigenvalue weighted by Gasteiger charge is 2.32. The van der Waals surface area contributed by atoms with Gasteiger partial charge < -0.3 is 14.6 Å². The molecule has 0 amide bonds. The van der Waals surface area contributed by atoms with Crippen LogP contribution in [0.3, 0.4) is 0 Å². The van der Waals surface area contributed by atoms with Crippen molar-refractivity contribution in [1.82, 2.24) is 20.1 Å². The first-order valence-electron chi connectivity index (χ1n) is 13.9. The number of benzene rings is 2. The molecule has 1 aromatic heterocycles. The molecule has 0 spiro atoms. The third kappa shape index (κ3) is 4.99. The second-order valence-electron chi connectivity index (χ2n) is 10.9. The summed E-state index contributed by atoms with van der Waals surface area (Å²) >= 11 is 0. The molecule has 1 aliphatic carbocycles. The lowest BCUT2D eigenvalue weighted by molar-refractivity contribution is 0.0409. The maximum Gasteiger partial charge on any atom is 0.365 e. The lowest BCUT2D eigenvalue weighted by atomic mass is 9.78. The van der Waals surface area contributed by atoms with Crippen LogP contribution in [0.5, 0.6) is 0 Å². The Morgan fingerprint density at radius 1 is 0.778 bits per heavy atom. The van der Waals surface area contributed by atoms with Crippen molar-refractivity contribution in [3.8, 4) is 0 Å². The fourth-order valence-corrected chi connectivity index (χ4v) is 6.69. The molecule has 3 aliphatic rings. The smallest absolute Gasteiger partial charge is 0.365 e. The molecule has 0 bridgehead atoms. The Kier molecular flexibility index (Phi) is 6.90. The number of hydrogen-bond donors (Lipinski definition) is 0. The van der Waals surface area contributed by atoms with Gasteiger partial charge in [0, 0.05) is 24.8 Å². The molecule has 1 saturated carbocycles. The normalized spacial score (nSPS) is 21.2. The van der Waals surface area contributed by atoms with Crippen LogP contribution in [0.2, 0.25) is 0 Å². The zero-order valence-electron chi connectivity index (χ0n) is 21.1. The molecular formula is C29H37N5O2. The van der Waals surface area contributed by atoms with E-state index in [0.29, 0.717) is 16.6 Å². The summed E-state index contributed by atoms with van der Waals surface area (Å²) < 4.78 is 0. The van der Waals surface area contributed by atoms with Crippen LogP contribution in [0, 0.1) is 11.8 Å². The maximum atomic E-state index is 12.7. The minimum Gasteiger partial charge on any atom is -0.372 e. The fraction of sp³-hybridized carbons (Fsp3) is 0.552. The number of fused-ring (bicyclic) bond motifs is 1. The SMILES string of the molecule is O=C(On1nnc2ccccc21)c1ccc(N2CCC(C3CCN(C4CCCCC4)CC3)CC2)cc1. The third-order valence-corrected chi connectivity index (χ3v) is 8.83. The van der Waals surface area contributed by atoms with Gasteiger partial charge in [0.25, 0.3) is 0 Å². The van der Waals surface area contributed by atoms with Gasteiger partial charge in [0.05, 0.1) is 5.56 Å². The molecule has 3 heterocycles. The molecule has 0 radical (unpaired) electrons. The van der Waals surface area contributed by atoms with E-state index in [9.17, 15) is 4.79 Å². The molecule has 7 nitrogen and oxygen atoms in total. The zero-order chi connectivity index (χ0) is 24.3. The highest BCUT2D eigenvalue weighted by molar-refractivity contribution is 5.90. The Morgan fingerprint density at radius 2 is 1.44 bits per heavy atom. The van der Waals surface area contributed by atoms with Gasteiger partial charge in [-0.15, -0.1) is 5.10 Å². The number of likely N-dealkylation sites (tertiary alicyclic amines) is 1. The summed E-state index contributed by atoms with van der Waals surface area (Å²) in [5.74, 6) is 1.33. The largest absolute Gasteiger partial charge is 0.372 e. The molecule has 2 aromatic carbocycles. The van der Waals surface area contributed by atoms with Gasteiger partial charge >= 0.3 is 5.97 Å². The van der Waals surface area contributed by atoms with E-state index in [-0.39, 0.29) is 0 Å². The number of hydrogen-bond acceptors (Lipinski definition) is 6. The summed E-state index contributed by atoms with van der Waals surface area (Å²) in [7, 11) is 0. The Hall–Kier alpha value is -2.93. The van der Waals surface area contributed by atoms with Crippen LogP contribution in [0.25, 0.3) is 11.0 Å². The molecule has 3 fully saturated rings. The van der Waals surface area contributed by atoms with Crippen molar-refractivity contribution in [1.29, 1.82) is 0 Å². The van der Waals surface area contributed by atoms with Gasteiger partial charge in [0.2, 0.25) is 0 Å². The van der Waals surface area contributed by atoms with E-state index in [2.05, 4.69) is 20.1 Å². The second-order valence-corrected chi connectivity index (χ2v) is 10.9. The lowest BCUT2D eigenvalue weighted by Crippen LogP contribution is -2.45. The highest BCUT2D eigenvalue weighted by atomic mass is 16.7. The summed E-state index contributed by atoms with van der Waals surface area (Å²) in [6.45, 7) is 4.83. The van der Waals surface area contributed by atoms with E-state index in [4.69, 9.17) is 4.84 Å². The van der Waals surface area contributed by atoms with Crippen LogP contribution >= 0.6 is 0 Å². The molecule has 3 aromatic rings. The van der Waals surface area contributed by atoms with E-state index >= 15 is 0 Å². The minimum absolute atomic E-state index is 0.435. The van der Waals surface area contributed by atoms with E-state index < -0.39 is 5.97 Å². The standard InChI is InChI=1S/C29H37N5O2/c35-29(36-34-28-9-5-4-8-27(28)30-31-34)24-10-12-26(13-11-24)33-20-16-23(17-21-33)22-14-18-32(19-15-22)25-6-2-1-3-7-25/h4-5,8-13,22-23,25H,1-3,6-7,14-21H2. The second kappa shape index (κ2) is 10.6. The Morgan fingerprint density at radius 3 is 2.17 bits per heavy atom. The lowest BCUT2D eigenvalue weighted by Gasteiger charge is -2.43. The average Bonchev–Trinajstić information content (AvgIpc) is 3.36. The number of nitrogens with zero attached hydrogens (tertiary/aromatic N) is 5. The Labute approximate surface area is 213 Å². The third-order valence-electron chi connectivity index (χ3n) is 8.83. The predicted molar refractivity (Wildman–Crippen MR) is 141 cm³/mol. The molecule has 36 heavy (non-hydrogen) atoms. The number of rotatable bonds is 5. The summed E-state index contributed by atoms with van der Waals surface area (Å²) in [5.41, 5.74) is 3.06. The number of carbonyl (C=O) groups excluding carboxylic acids is 1. The van der Waals surface area contributed by atoms with Gasteiger partial charge in [-0.3, -0.25) is 0 Å². The Bertz CT molecular complexity index is 1150. The van der Waals surface area contributed by atoms with Crippen LogP contribution in [0.4, 0.5) is 5.69 Å². The van der Waals surface area contributed by atoms with Crippen LogP contribution in [0.1, 0.15) is 68.1 Å². The van der Waals surface area contributed by atoms with Crippen molar-refractivity contribution in [3.05, 3.63) is 54.1 Å². The number of piperidine rings is 2. The molecule has 2 aliphatic heterocycles. The van der Waals surface area contributed by atoms with Crippen LogP contribution in [-0.2, 0) is 0 Å². The van der Waals surface area contributed by atoms with Gasteiger partial charge in [0.1, 0.15) is 11.0 Å². The predicted octanol–water partition coefficient (Wildman–Crippen LogP) is 4.96. The number of carbonyl (C=O) groups is 1. The molecule has 7 heteroatoms. The van der Waals surface area contributed by atoms with E-state index in [1.807, 2.05) is 48.5 Å². The van der Waals surface area contributed by atoms with Crippen LogP contribution in [0.15, 0.2) is 48.5 Å². The molecule has 2 saturated heterocycles. The summed E-state index contributed by atoms with van der Waals surface area (Å²) in [5, 5.41) is 7.97. The molecule has 0 atom stereocenters. The van der Waals surface area contributed by atoms with Gasteiger partial charge in [0.15, 0.2) is 0 Å². The minimum atomic E-state index is -0.435. The molecule has 190 valence electrons. The number of para-hydroxylation sites is 1. The van der Waals surface area contributed by atoms with Crippen molar-refractivity contribution in [2.24, 2.45) is 11.8 Å². The first-order chi connectivity index (χ1) is 17.7. The zero-order valence-corrected chi connectivity index (χ0v) is 21.1. The van der Waals surface area contributed by atoms with E-state index in [1.54, 1.807) is 0 Å². The van der Waals surface area contributed by atoms with Gasteiger partial charge in [-0.1, -0.05) is 36.2 Å².